The predicted molar refractivity (Wildman–Crippen MR) is 102 cm³/mol. The lowest BCUT2D eigenvalue weighted by Crippen LogP contribution is -2.38. The molecule has 1 aromatic carbocycles. The molecule has 0 aliphatic heterocycles. The van der Waals surface area contributed by atoms with Gasteiger partial charge in [0.1, 0.15) is 0 Å². The summed E-state index contributed by atoms with van der Waals surface area (Å²) in [5, 5.41) is -0.0149. The Morgan fingerprint density at radius 1 is 1.12 bits per heavy atom. The summed E-state index contributed by atoms with van der Waals surface area (Å²) in [6, 6.07) is 16.2. The quantitative estimate of drug-likeness (QED) is 0.726. The number of rotatable bonds is 8. The molecule has 0 saturated carbocycles. The van der Waals surface area contributed by atoms with E-state index in [4.69, 9.17) is 0 Å². The first-order valence-electron chi connectivity index (χ1n) is 8.38. The lowest BCUT2D eigenvalue weighted by atomic mass is 10.1. The molecule has 2 aromatic rings. The number of thioether (sulfide) groups is 1. The molecule has 0 bridgehead atoms. The number of carbonyl (C=O) groups is 1. The number of aromatic nitrogens is 1. The number of likely N-dealkylation sites (N-methyl/N-ethyl adjacent to an activating group) is 1. The van der Waals surface area contributed by atoms with Gasteiger partial charge in [-0.2, -0.15) is 0 Å². The molecule has 0 N–H and O–H groups in total. The first-order chi connectivity index (χ1) is 11.6. The van der Waals surface area contributed by atoms with Crippen LogP contribution >= 0.6 is 11.8 Å². The van der Waals surface area contributed by atoms with Crippen LogP contribution in [0.3, 0.4) is 0 Å². The van der Waals surface area contributed by atoms with Crippen LogP contribution in [0.1, 0.15) is 25.1 Å². The van der Waals surface area contributed by atoms with Gasteiger partial charge in [-0.15, -0.1) is 11.8 Å². The number of hydrogen-bond donors (Lipinski definition) is 0. The van der Waals surface area contributed by atoms with Crippen molar-refractivity contribution in [3.05, 3.63) is 66.0 Å². The topological polar surface area (TPSA) is 33.2 Å². The highest BCUT2D eigenvalue weighted by atomic mass is 32.2. The van der Waals surface area contributed by atoms with Gasteiger partial charge in [0.25, 0.3) is 0 Å². The molecule has 0 aliphatic rings. The molecular formula is C20H26N2OS. The molecule has 1 unspecified atom stereocenters. The maximum atomic E-state index is 12.8. The molecule has 3 nitrogen and oxygen atoms in total. The highest BCUT2D eigenvalue weighted by molar-refractivity contribution is 7.99. The lowest BCUT2D eigenvalue weighted by molar-refractivity contribution is -0.130. The van der Waals surface area contributed by atoms with E-state index in [2.05, 4.69) is 31.0 Å². The van der Waals surface area contributed by atoms with E-state index in [-0.39, 0.29) is 11.2 Å². The summed E-state index contributed by atoms with van der Waals surface area (Å²) in [6.07, 6.45) is 2.58. The summed E-state index contributed by atoms with van der Waals surface area (Å²) in [5.74, 6) is 1.38. The van der Waals surface area contributed by atoms with Gasteiger partial charge in [-0.1, -0.05) is 50.2 Å². The Kier molecular flexibility index (Phi) is 7.32. The van der Waals surface area contributed by atoms with Gasteiger partial charge in [0, 0.05) is 37.7 Å². The molecule has 0 spiro atoms. The van der Waals surface area contributed by atoms with Gasteiger partial charge < -0.3 is 4.90 Å². The third-order valence-electron chi connectivity index (χ3n) is 3.93. The molecule has 1 amide bonds. The van der Waals surface area contributed by atoms with E-state index in [1.807, 2.05) is 48.3 Å². The molecule has 0 saturated heterocycles. The second-order valence-corrected chi connectivity index (χ2v) is 7.42. The van der Waals surface area contributed by atoms with Crippen molar-refractivity contribution >= 4 is 17.7 Å². The number of hydrogen-bond acceptors (Lipinski definition) is 3. The smallest absolute Gasteiger partial charge is 0.235 e. The van der Waals surface area contributed by atoms with E-state index in [0.717, 1.165) is 17.9 Å². The Labute approximate surface area is 149 Å². The fourth-order valence-electron chi connectivity index (χ4n) is 2.46. The summed E-state index contributed by atoms with van der Waals surface area (Å²) < 4.78 is 0. The Balaban J connectivity index is 1.90. The third-order valence-corrected chi connectivity index (χ3v) is 5.53. The number of nitrogens with zero attached hydrogens (tertiary/aromatic N) is 2. The van der Waals surface area contributed by atoms with Gasteiger partial charge in [0.15, 0.2) is 0 Å². The monoisotopic (exact) mass is 342 g/mol. The molecule has 2 rings (SSSR count). The predicted octanol–water partition coefficient (Wildman–Crippen LogP) is 4.04. The van der Waals surface area contributed by atoms with Crippen molar-refractivity contribution in [3.63, 3.8) is 0 Å². The normalized spacial score (nSPS) is 12.2. The first-order valence-corrected chi connectivity index (χ1v) is 9.43. The third kappa shape index (κ3) is 5.68. The van der Waals surface area contributed by atoms with Gasteiger partial charge in [-0.25, -0.2) is 0 Å². The minimum Gasteiger partial charge on any atom is -0.344 e. The summed E-state index contributed by atoms with van der Waals surface area (Å²) in [4.78, 5) is 19.0. The van der Waals surface area contributed by atoms with Crippen LogP contribution in [0.25, 0.3) is 0 Å². The van der Waals surface area contributed by atoms with Gasteiger partial charge in [-0.05, 0) is 23.6 Å². The zero-order valence-corrected chi connectivity index (χ0v) is 15.5. The Bertz CT molecular complexity index is 616. The minimum absolute atomic E-state index is 0.0149. The maximum absolute atomic E-state index is 12.8. The van der Waals surface area contributed by atoms with Crippen molar-refractivity contribution in [3.8, 4) is 0 Å². The fourth-order valence-corrected chi connectivity index (χ4v) is 3.74. The van der Waals surface area contributed by atoms with Crippen LogP contribution < -0.4 is 0 Å². The van der Waals surface area contributed by atoms with Crippen LogP contribution in [0.2, 0.25) is 0 Å². The highest BCUT2D eigenvalue weighted by Crippen LogP contribution is 2.25. The molecule has 1 heterocycles. The summed E-state index contributed by atoms with van der Waals surface area (Å²) in [5.41, 5.74) is 2.28. The molecular weight excluding hydrogens is 316 g/mol. The molecule has 0 radical (unpaired) electrons. The SMILES string of the molecule is CC(C)C(SCc1ccccc1)C(=O)N(C)CCc1ccccn1. The van der Waals surface area contributed by atoms with Crippen molar-refractivity contribution in [1.29, 1.82) is 0 Å². The fraction of sp³-hybridized carbons (Fsp3) is 0.400. The largest absolute Gasteiger partial charge is 0.344 e. The Hall–Kier alpha value is -1.81. The molecule has 0 aliphatic carbocycles. The van der Waals surface area contributed by atoms with Crippen LogP contribution in [0.4, 0.5) is 0 Å². The molecule has 0 fully saturated rings. The zero-order chi connectivity index (χ0) is 17.4. The average Bonchev–Trinajstić information content (AvgIpc) is 2.61. The second kappa shape index (κ2) is 9.48. The summed E-state index contributed by atoms with van der Waals surface area (Å²) in [6.45, 7) is 4.94. The van der Waals surface area contributed by atoms with Gasteiger partial charge in [0.05, 0.1) is 5.25 Å². The van der Waals surface area contributed by atoms with Gasteiger partial charge >= 0.3 is 0 Å². The van der Waals surface area contributed by atoms with E-state index < -0.39 is 0 Å². The molecule has 1 aromatic heterocycles. The van der Waals surface area contributed by atoms with E-state index >= 15 is 0 Å². The van der Waals surface area contributed by atoms with E-state index in [0.29, 0.717) is 12.5 Å². The Morgan fingerprint density at radius 3 is 2.46 bits per heavy atom. The summed E-state index contributed by atoms with van der Waals surface area (Å²) >= 11 is 1.73. The minimum atomic E-state index is -0.0149. The van der Waals surface area contributed by atoms with Crippen LogP contribution in [0, 0.1) is 5.92 Å². The summed E-state index contributed by atoms with van der Waals surface area (Å²) in [7, 11) is 1.89. The van der Waals surface area contributed by atoms with Crippen molar-refractivity contribution in [2.75, 3.05) is 13.6 Å². The number of amides is 1. The van der Waals surface area contributed by atoms with E-state index in [1.54, 1.807) is 18.0 Å². The van der Waals surface area contributed by atoms with Crippen LogP contribution in [0.15, 0.2) is 54.7 Å². The number of benzene rings is 1. The van der Waals surface area contributed by atoms with Crippen LogP contribution in [-0.4, -0.2) is 34.6 Å². The maximum Gasteiger partial charge on any atom is 0.235 e. The van der Waals surface area contributed by atoms with Crippen molar-refractivity contribution in [2.45, 2.75) is 31.3 Å². The standard InChI is InChI=1S/C20H26N2OS/c1-16(2)19(24-15-17-9-5-4-6-10-17)20(23)22(3)14-12-18-11-7-8-13-21-18/h4-11,13,16,19H,12,14-15H2,1-3H3. The lowest BCUT2D eigenvalue weighted by Gasteiger charge is -2.26. The highest BCUT2D eigenvalue weighted by Gasteiger charge is 2.25. The van der Waals surface area contributed by atoms with Gasteiger partial charge in [-0.3, -0.25) is 9.78 Å². The number of pyridine rings is 1. The molecule has 1 atom stereocenters. The van der Waals surface area contributed by atoms with Crippen molar-refractivity contribution < 1.29 is 4.79 Å². The Morgan fingerprint density at radius 2 is 1.83 bits per heavy atom. The van der Waals surface area contributed by atoms with Crippen LogP contribution in [0.5, 0.6) is 0 Å². The second-order valence-electron chi connectivity index (χ2n) is 6.29. The molecule has 4 heteroatoms. The van der Waals surface area contributed by atoms with E-state index in [9.17, 15) is 4.79 Å². The van der Waals surface area contributed by atoms with E-state index in [1.165, 1.54) is 5.56 Å². The van der Waals surface area contributed by atoms with Crippen LogP contribution in [-0.2, 0) is 17.0 Å². The van der Waals surface area contributed by atoms with Gasteiger partial charge in [0.2, 0.25) is 5.91 Å². The molecule has 24 heavy (non-hydrogen) atoms. The zero-order valence-electron chi connectivity index (χ0n) is 14.7. The first kappa shape index (κ1) is 18.5. The molecule has 128 valence electrons. The van der Waals surface area contributed by atoms with Crippen molar-refractivity contribution in [2.24, 2.45) is 5.92 Å². The van der Waals surface area contributed by atoms with Crippen molar-refractivity contribution in [1.82, 2.24) is 9.88 Å². The average molecular weight is 343 g/mol. The number of carbonyl (C=O) groups excluding carboxylic acids is 1.